The van der Waals surface area contributed by atoms with Crippen LogP contribution >= 0.6 is 11.3 Å². The highest BCUT2D eigenvalue weighted by atomic mass is 32.1. The normalized spacial score (nSPS) is 11.6. The van der Waals surface area contributed by atoms with E-state index >= 15 is 0 Å². The minimum Gasteiger partial charge on any atom is -0.354 e. The van der Waals surface area contributed by atoms with Crippen molar-refractivity contribution in [3.05, 3.63) is 76.9 Å². The third kappa shape index (κ3) is 7.25. The van der Waals surface area contributed by atoms with Crippen LogP contribution in [0.25, 0.3) is 10.4 Å². The molecular formula is C26H30N4O3S. The zero-order chi connectivity index (χ0) is 24.5. The van der Waals surface area contributed by atoms with E-state index in [1.807, 2.05) is 36.6 Å². The van der Waals surface area contributed by atoms with Crippen molar-refractivity contribution in [1.82, 2.24) is 20.9 Å². The number of benzene rings is 1. The zero-order valence-corrected chi connectivity index (χ0v) is 20.4. The first-order valence-corrected chi connectivity index (χ1v) is 12.1. The Hall–Kier alpha value is -3.52. The second-order valence-corrected chi connectivity index (χ2v) is 9.46. The van der Waals surface area contributed by atoms with Crippen LogP contribution in [0.1, 0.15) is 46.5 Å². The highest BCUT2D eigenvalue weighted by Gasteiger charge is 2.23. The largest absolute Gasteiger partial charge is 0.354 e. The highest BCUT2D eigenvalue weighted by molar-refractivity contribution is 7.13. The van der Waals surface area contributed by atoms with Gasteiger partial charge in [0, 0.05) is 41.5 Å². The number of nitrogens with one attached hydrogen (secondary N) is 3. The van der Waals surface area contributed by atoms with Crippen LogP contribution < -0.4 is 16.0 Å². The van der Waals surface area contributed by atoms with E-state index in [4.69, 9.17) is 0 Å². The first kappa shape index (κ1) is 25.1. The van der Waals surface area contributed by atoms with Crippen molar-refractivity contribution in [3.8, 4) is 10.4 Å². The number of carbonyl (C=O) groups is 3. The van der Waals surface area contributed by atoms with Gasteiger partial charge < -0.3 is 16.0 Å². The summed E-state index contributed by atoms with van der Waals surface area (Å²) in [6.45, 7) is 6.53. The van der Waals surface area contributed by atoms with Crippen molar-refractivity contribution >= 4 is 29.1 Å². The Balaban J connectivity index is 1.70. The number of amides is 3. The Kier molecular flexibility index (Phi) is 8.93. The summed E-state index contributed by atoms with van der Waals surface area (Å²) in [4.78, 5) is 43.6. The molecule has 0 aliphatic rings. The Labute approximate surface area is 204 Å². The lowest BCUT2D eigenvalue weighted by molar-refractivity contribution is -0.122. The van der Waals surface area contributed by atoms with Gasteiger partial charge in [-0.2, -0.15) is 0 Å². The van der Waals surface area contributed by atoms with Crippen molar-refractivity contribution in [3.63, 3.8) is 0 Å². The van der Waals surface area contributed by atoms with E-state index in [0.29, 0.717) is 23.6 Å². The fraction of sp³-hybridized carbons (Fsp3) is 0.308. The van der Waals surface area contributed by atoms with Crippen molar-refractivity contribution in [2.75, 3.05) is 13.1 Å². The average molecular weight is 479 g/mol. The fourth-order valence-electron chi connectivity index (χ4n) is 3.20. The third-order valence-electron chi connectivity index (χ3n) is 5.23. The number of carbonyl (C=O) groups excluding carboxylic acids is 3. The molecule has 1 aromatic carbocycles. The topological polar surface area (TPSA) is 100 Å². The van der Waals surface area contributed by atoms with Crippen LogP contribution in [0.3, 0.4) is 0 Å². The smallest absolute Gasteiger partial charge is 0.253 e. The molecule has 8 heteroatoms. The number of aryl methyl sites for hydroxylation is 1. The van der Waals surface area contributed by atoms with Gasteiger partial charge in [0.25, 0.3) is 11.8 Å². The van der Waals surface area contributed by atoms with Gasteiger partial charge >= 0.3 is 0 Å². The summed E-state index contributed by atoms with van der Waals surface area (Å²) in [5.41, 5.74) is 2.71. The molecule has 3 N–H and O–H groups in total. The molecule has 0 spiro atoms. The number of rotatable bonds is 10. The molecule has 0 radical (unpaired) electrons. The zero-order valence-electron chi connectivity index (χ0n) is 19.6. The minimum atomic E-state index is -0.931. The standard InChI is InChI=1S/C26H30N4O3S/c1-17(2)10-11-28-26(33)22(16-29-24(31)19-8-6-18(3)7-9-19)30-25(32)21-13-20(14-27-15-21)23-5-4-12-34-23/h4-9,12-15,17,22H,10-11,16H2,1-3H3,(H,28,33)(H,29,31)(H,30,32)/t22-/m0/s1. The molecule has 3 aromatic rings. The van der Waals surface area contributed by atoms with E-state index in [1.54, 1.807) is 35.7 Å². The molecule has 0 saturated heterocycles. The second-order valence-electron chi connectivity index (χ2n) is 8.52. The number of thiophene rings is 1. The Morgan fingerprint density at radius 1 is 0.971 bits per heavy atom. The first-order chi connectivity index (χ1) is 16.3. The SMILES string of the molecule is Cc1ccc(C(=O)NC[C@H](NC(=O)c2cncc(-c3cccs3)c2)C(=O)NCCC(C)C)cc1. The predicted octanol–water partition coefficient (Wildman–Crippen LogP) is 3.81. The van der Waals surface area contributed by atoms with Crippen molar-refractivity contribution in [2.24, 2.45) is 5.92 Å². The fourth-order valence-corrected chi connectivity index (χ4v) is 3.91. The molecule has 34 heavy (non-hydrogen) atoms. The molecule has 0 aliphatic heterocycles. The molecule has 0 aliphatic carbocycles. The third-order valence-corrected chi connectivity index (χ3v) is 6.15. The molecule has 0 fully saturated rings. The summed E-state index contributed by atoms with van der Waals surface area (Å²) >= 11 is 1.55. The second kappa shape index (κ2) is 12.1. The first-order valence-electron chi connectivity index (χ1n) is 11.3. The van der Waals surface area contributed by atoms with Crippen LogP contribution in [-0.4, -0.2) is 41.8 Å². The van der Waals surface area contributed by atoms with Gasteiger partial charge in [-0.1, -0.05) is 37.6 Å². The molecule has 0 bridgehead atoms. The summed E-state index contributed by atoms with van der Waals surface area (Å²) in [5.74, 6) is -0.656. The van der Waals surface area contributed by atoms with Gasteiger partial charge in [-0.25, -0.2) is 0 Å². The summed E-state index contributed by atoms with van der Waals surface area (Å²) in [6, 6.07) is 11.8. The van der Waals surface area contributed by atoms with Gasteiger partial charge in [-0.3, -0.25) is 19.4 Å². The van der Waals surface area contributed by atoms with Crippen molar-refractivity contribution in [1.29, 1.82) is 0 Å². The minimum absolute atomic E-state index is 0.0377. The number of hydrogen-bond acceptors (Lipinski definition) is 5. The van der Waals surface area contributed by atoms with Crippen LogP contribution in [0.4, 0.5) is 0 Å². The number of aromatic nitrogens is 1. The molecule has 1 atom stereocenters. The van der Waals surface area contributed by atoms with Crippen molar-refractivity contribution in [2.45, 2.75) is 33.2 Å². The quantitative estimate of drug-likeness (QED) is 0.413. The van der Waals surface area contributed by atoms with Gasteiger partial charge in [0.2, 0.25) is 5.91 Å². The molecule has 0 unspecified atom stereocenters. The van der Waals surface area contributed by atoms with Gasteiger partial charge in [-0.05, 0) is 48.9 Å². The molecule has 3 rings (SSSR count). The van der Waals surface area contributed by atoms with E-state index in [-0.39, 0.29) is 18.4 Å². The van der Waals surface area contributed by atoms with Gasteiger partial charge in [-0.15, -0.1) is 11.3 Å². The van der Waals surface area contributed by atoms with Crippen LogP contribution in [0, 0.1) is 12.8 Å². The highest BCUT2D eigenvalue weighted by Crippen LogP contribution is 2.24. The summed E-state index contributed by atoms with van der Waals surface area (Å²) in [7, 11) is 0. The maximum absolute atomic E-state index is 13.0. The van der Waals surface area contributed by atoms with E-state index in [9.17, 15) is 14.4 Å². The van der Waals surface area contributed by atoms with Gasteiger partial charge in [0.05, 0.1) is 5.56 Å². The van der Waals surface area contributed by atoms with Gasteiger partial charge in [0.1, 0.15) is 6.04 Å². The molecule has 178 valence electrons. The van der Waals surface area contributed by atoms with Crippen LogP contribution in [0.5, 0.6) is 0 Å². The number of nitrogens with zero attached hydrogens (tertiary/aromatic N) is 1. The molecule has 2 heterocycles. The molecular weight excluding hydrogens is 448 g/mol. The average Bonchev–Trinajstić information content (AvgIpc) is 3.37. The molecule has 0 saturated carbocycles. The summed E-state index contributed by atoms with van der Waals surface area (Å²) < 4.78 is 0. The summed E-state index contributed by atoms with van der Waals surface area (Å²) in [6.07, 6.45) is 3.97. The van der Waals surface area contributed by atoms with Gasteiger partial charge in [0.15, 0.2) is 0 Å². The lowest BCUT2D eigenvalue weighted by Crippen LogP contribution is -2.52. The number of hydrogen-bond donors (Lipinski definition) is 3. The lowest BCUT2D eigenvalue weighted by Gasteiger charge is -2.19. The molecule has 2 aromatic heterocycles. The monoisotopic (exact) mass is 478 g/mol. The lowest BCUT2D eigenvalue weighted by atomic mass is 10.1. The van der Waals surface area contributed by atoms with Crippen LogP contribution in [-0.2, 0) is 4.79 Å². The van der Waals surface area contributed by atoms with Crippen molar-refractivity contribution < 1.29 is 14.4 Å². The van der Waals surface area contributed by atoms with Crippen LogP contribution in [0.2, 0.25) is 0 Å². The van der Waals surface area contributed by atoms with E-state index in [0.717, 1.165) is 22.4 Å². The Morgan fingerprint density at radius 3 is 2.41 bits per heavy atom. The van der Waals surface area contributed by atoms with E-state index < -0.39 is 11.9 Å². The molecule has 7 nitrogen and oxygen atoms in total. The maximum Gasteiger partial charge on any atom is 0.253 e. The number of pyridine rings is 1. The predicted molar refractivity (Wildman–Crippen MR) is 135 cm³/mol. The Morgan fingerprint density at radius 2 is 1.74 bits per heavy atom. The van der Waals surface area contributed by atoms with Crippen LogP contribution in [0.15, 0.2) is 60.2 Å². The maximum atomic E-state index is 13.0. The summed E-state index contributed by atoms with van der Waals surface area (Å²) in [5, 5.41) is 10.3. The van der Waals surface area contributed by atoms with E-state index in [2.05, 4.69) is 34.8 Å². The Bertz CT molecular complexity index is 1110. The molecule has 3 amide bonds. The van der Waals surface area contributed by atoms with E-state index in [1.165, 1.54) is 6.20 Å².